The van der Waals surface area contributed by atoms with Crippen LogP contribution in [0.25, 0.3) is 89.8 Å². The Hall–Kier alpha value is -7.23. The van der Waals surface area contributed by atoms with Crippen molar-refractivity contribution in [3.63, 3.8) is 0 Å². The maximum Gasteiger partial charge on any atom is 0.164 e. The summed E-state index contributed by atoms with van der Waals surface area (Å²) in [6.07, 6.45) is 0.795. The van der Waals surface area contributed by atoms with Gasteiger partial charge in [0.05, 0.1) is 0 Å². The lowest BCUT2D eigenvalue weighted by atomic mass is 9.93. The molecular weight excluding hydrogens is 667 g/mol. The van der Waals surface area contributed by atoms with Crippen LogP contribution in [0.1, 0.15) is 11.1 Å². The van der Waals surface area contributed by atoms with Crippen LogP contribution in [-0.2, 0) is 6.42 Å². The van der Waals surface area contributed by atoms with Gasteiger partial charge in [0, 0.05) is 23.1 Å². The van der Waals surface area contributed by atoms with Gasteiger partial charge in [0.15, 0.2) is 17.5 Å². The van der Waals surface area contributed by atoms with Crippen molar-refractivity contribution in [1.82, 2.24) is 15.0 Å². The van der Waals surface area contributed by atoms with Gasteiger partial charge >= 0.3 is 0 Å². The number of hydrogen-bond donors (Lipinski definition) is 0. The van der Waals surface area contributed by atoms with Gasteiger partial charge in [-0.25, -0.2) is 15.0 Å². The normalized spacial score (nSPS) is 11.6. The fourth-order valence-corrected chi connectivity index (χ4v) is 7.88. The molecule has 0 spiro atoms. The third-order valence-electron chi connectivity index (χ3n) is 10.6. The molecule has 0 saturated heterocycles. The molecule has 0 atom stereocenters. The van der Waals surface area contributed by atoms with E-state index in [1.165, 1.54) is 55.6 Å². The zero-order chi connectivity index (χ0) is 36.6. The van der Waals surface area contributed by atoms with Crippen molar-refractivity contribution in [1.29, 1.82) is 0 Å². The molecule has 10 rings (SSSR count). The lowest BCUT2D eigenvalue weighted by molar-refractivity contribution is 1.07. The Morgan fingerprint density at radius 2 is 0.600 bits per heavy atom. The van der Waals surface area contributed by atoms with Gasteiger partial charge in [-0.05, 0) is 78.9 Å². The summed E-state index contributed by atoms with van der Waals surface area (Å²) in [6, 6.07) is 70.7. The Bertz CT molecular complexity index is 2810. The van der Waals surface area contributed by atoms with Gasteiger partial charge in [-0.3, -0.25) is 0 Å². The Morgan fingerprint density at radius 3 is 1.18 bits per heavy atom. The van der Waals surface area contributed by atoms with Crippen molar-refractivity contribution in [3.8, 4) is 89.8 Å². The van der Waals surface area contributed by atoms with Gasteiger partial charge in [-0.15, -0.1) is 0 Å². The first-order chi connectivity index (χ1) is 27.2. The number of fused-ring (bicyclic) bond motifs is 3. The lowest BCUT2D eigenvalue weighted by Crippen LogP contribution is -2.02. The second-order valence-corrected chi connectivity index (χ2v) is 14.0. The Morgan fingerprint density at radius 1 is 0.236 bits per heavy atom. The van der Waals surface area contributed by atoms with Crippen LogP contribution in [0, 0.1) is 0 Å². The highest BCUT2D eigenvalue weighted by Gasteiger charge is 2.26. The van der Waals surface area contributed by atoms with Gasteiger partial charge in [0.1, 0.15) is 0 Å². The molecule has 55 heavy (non-hydrogen) atoms. The molecule has 0 bridgehead atoms. The third-order valence-corrected chi connectivity index (χ3v) is 10.6. The fourth-order valence-electron chi connectivity index (χ4n) is 7.88. The van der Waals surface area contributed by atoms with Crippen LogP contribution in [0.15, 0.2) is 200 Å². The van der Waals surface area contributed by atoms with Crippen molar-refractivity contribution in [2.24, 2.45) is 0 Å². The predicted octanol–water partition coefficient (Wildman–Crippen LogP) is 13.1. The fraction of sp³-hybridized carbons (Fsp3) is 0.0192. The van der Waals surface area contributed by atoms with Crippen molar-refractivity contribution in [3.05, 3.63) is 211 Å². The van der Waals surface area contributed by atoms with E-state index in [9.17, 15) is 0 Å². The first kappa shape index (κ1) is 32.4. The van der Waals surface area contributed by atoms with Gasteiger partial charge < -0.3 is 0 Å². The average molecular weight is 702 g/mol. The van der Waals surface area contributed by atoms with Crippen LogP contribution in [0.3, 0.4) is 0 Å². The molecule has 0 aliphatic heterocycles. The molecule has 0 saturated carbocycles. The number of aromatic nitrogens is 3. The monoisotopic (exact) mass is 701 g/mol. The maximum absolute atomic E-state index is 5.20. The van der Waals surface area contributed by atoms with E-state index in [2.05, 4.69) is 176 Å². The van der Waals surface area contributed by atoms with E-state index in [-0.39, 0.29) is 0 Å². The van der Waals surface area contributed by atoms with Gasteiger partial charge in [-0.2, -0.15) is 0 Å². The second-order valence-electron chi connectivity index (χ2n) is 14.0. The Labute approximate surface area is 321 Å². The van der Waals surface area contributed by atoms with E-state index in [0.717, 1.165) is 34.2 Å². The molecule has 0 amide bonds. The minimum atomic E-state index is 0.657. The van der Waals surface area contributed by atoms with Crippen LogP contribution >= 0.6 is 0 Å². The molecule has 9 aromatic rings. The molecule has 0 fully saturated rings. The highest BCUT2D eigenvalue weighted by atomic mass is 15.0. The predicted molar refractivity (Wildman–Crippen MR) is 226 cm³/mol. The van der Waals surface area contributed by atoms with Crippen LogP contribution < -0.4 is 0 Å². The first-order valence-electron chi connectivity index (χ1n) is 18.7. The summed E-state index contributed by atoms with van der Waals surface area (Å²) in [5.41, 5.74) is 17.6. The standard InChI is InChI=1S/C52H35N3/c1-4-14-35(15-5-1)40-20-10-21-41(32-40)37-28-30-38(31-29-37)44-24-12-25-45-46-26-13-27-47(49(46)34-48(44)45)52-54-50(39-18-8-3-9-19-39)53-51(55-52)43-23-11-22-42(33-43)36-16-6-2-7-17-36/h1-33H,34H2. The van der Waals surface area contributed by atoms with Crippen molar-refractivity contribution in [2.45, 2.75) is 6.42 Å². The topological polar surface area (TPSA) is 38.7 Å². The smallest absolute Gasteiger partial charge is 0.164 e. The van der Waals surface area contributed by atoms with Gasteiger partial charge in [-0.1, -0.05) is 188 Å². The average Bonchev–Trinajstić information content (AvgIpc) is 3.67. The van der Waals surface area contributed by atoms with Gasteiger partial charge in [0.25, 0.3) is 0 Å². The Kier molecular flexibility index (Phi) is 8.23. The van der Waals surface area contributed by atoms with Crippen molar-refractivity contribution in [2.75, 3.05) is 0 Å². The van der Waals surface area contributed by atoms with Crippen LogP contribution in [0.4, 0.5) is 0 Å². The summed E-state index contributed by atoms with van der Waals surface area (Å²) >= 11 is 0. The molecule has 258 valence electrons. The largest absolute Gasteiger partial charge is 0.208 e. The van der Waals surface area contributed by atoms with Crippen molar-refractivity contribution < 1.29 is 0 Å². The molecule has 1 aliphatic rings. The molecule has 1 aliphatic carbocycles. The quantitative estimate of drug-likeness (QED) is 0.166. The van der Waals surface area contributed by atoms with E-state index in [0.29, 0.717) is 17.5 Å². The molecule has 1 aromatic heterocycles. The molecule has 0 unspecified atom stereocenters. The highest BCUT2D eigenvalue weighted by molar-refractivity contribution is 5.89. The zero-order valence-electron chi connectivity index (χ0n) is 30.1. The molecule has 0 radical (unpaired) electrons. The number of hydrogen-bond acceptors (Lipinski definition) is 3. The summed E-state index contributed by atoms with van der Waals surface area (Å²) in [6.45, 7) is 0. The van der Waals surface area contributed by atoms with Crippen LogP contribution in [0.5, 0.6) is 0 Å². The number of rotatable bonds is 7. The van der Waals surface area contributed by atoms with Gasteiger partial charge in [0.2, 0.25) is 0 Å². The van der Waals surface area contributed by atoms with E-state index < -0.39 is 0 Å². The summed E-state index contributed by atoms with van der Waals surface area (Å²) in [5, 5.41) is 0. The summed E-state index contributed by atoms with van der Waals surface area (Å²) in [5.74, 6) is 2.00. The van der Waals surface area contributed by atoms with Crippen LogP contribution in [-0.4, -0.2) is 15.0 Å². The van der Waals surface area contributed by atoms with E-state index >= 15 is 0 Å². The maximum atomic E-state index is 5.20. The van der Waals surface area contributed by atoms with E-state index in [4.69, 9.17) is 15.0 Å². The Balaban J connectivity index is 1.02. The molecule has 3 nitrogen and oxygen atoms in total. The lowest BCUT2D eigenvalue weighted by Gasteiger charge is -2.12. The highest BCUT2D eigenvalue weighted by Crippen LogP contribution is 2.45. The first-order valence-corrected chi connectivity index (χ1v) is 18.7. The zero-order valence-corrected chi connectivity index (χ0v) is 30.1. The minimum absolute atomic E-state index is 0.657. The van der Waals surface area contributed by atoms with Crippen LogP contribution in [0.2, 0.25) is 0 Å². The third kappa shape index (κ3) is 6.22. The molecular formula is C52H35N3. The summed E-state index contributed by atoms with van der Waals surface area (Å²) < 4.78 is 0. The summed E-state index contributed by atoms with van der Waals surface area (Å²) in [4.78, 5) is 15.4. The molecule has 8 aromatic carbocycles. The molecule has 1 heterocycles. The molecule has 0 N–H and O–H groups in total. The van der Waals surface area contributed by atoms with E-state index in [1.807, 2.05) is 24.3 Å². The number of nitrogens with zero attached hydrogens (tertiary/aromatic N) is 3. The SMILES string of the molecule is c1ccc(-c2cccc(-c3ccc(-c4cccc5c4Cc4c(-c6nc(-c7ccccc7)nc(-c7cccc(-c8ccccc8)c7)n6)cccc4-5)cc3)c2)cc1. The van der Waals surface area contributed by atoms with Crippen molar-refractivity contribution >= 4 is 0 Å². The number of benzene rings is 8. The second kappa shape index (κ2) is 14.0. The summed E-state index contributed by atoms with van der Waals surface area (Å²) in [7, 11) is 0. The minimum Gasteiger partial charge on any atom is -0.208 e. The van der Waals surface area contributed by atoms with E-state index in [1.54, 1.807) is 0 Å². The molecule has 3 heteroatoms.